The van der Waals surface area contributed by atoms with Crippen LogP contribution in [0.2, 0.25) is 5.02 Å². The van der Waals surface area contributed by atoms with E-state index in [2.05, 4.69) is 20.9 Å². The summed E-state index contributed by atoms with van der Waals surface area (Å²) in [6.45, 7) is 3.81. The summed E-state index contributed by atoms with van der Waals surface area (Å²) < 4.78 is 9.37. The van der Waals surface area contributed by atoms with Crippen LogP contribution in [-0.2, 0) is 11.3 Å². The molecule has 24 heavy (non-hydrogen) atoms. The number of thiazole rings is 1. The van der Waals surface area contributed by atoms with E-state index in [9.17, 15) is 4.79 Å². The highest BCUT2D eigenvalue weighted by Gasteiger charge is 2.11. The third-order valence-corrected chi connectivity index (χ3v) is 6.18. The van der Waals surface area contributed by atoms with Crippen LogP contribution in [-0.4, -0.2) is 23.7 Å². The van der Waals surface area contributed by atoms with Gasteiger partial charge in [0.2, 0.25) is 0 Å². The molecule has 0 N–H and O–H groups in total. The molecule has 0 radical (unpaired) electrons. The van der Waals surface area contributed by atoms with E-state index in [0.717, 1.165) is 14.0 Å². The van der Waals surface area contributed by atoms with Crippen molar-refractivity contribution >= 4 is 66.3 Å². The molecule has 0 aliphatic heterocycles. The Labute approximate surface area is 160 Å². The predicted molar refractivity (Wildman–Crippen MR) is 103 cm³/mol. The van der Waals surface area contributed by atoms with Gasteiger partial charge in [-0.25, -0.2) is 0 Å². The topological polar surface area (TPSA) is 43.6 Å². The Morgan fingerprint density at radius 2 is 2.17 bits per heavy atom. The largest absolute Gasteiger partial charge is 0.380 e. The standard InChI is InChI=1S/C16H14BrClN2O2S2/c1-2-22-8-7-20-11-4-3-10(18)9-13(11)24-16(20)19-15(21)12-5-6-14(17)23-12/h3-6,9H,2,7-8H2,1H3. The van der Waals surface area contributed by atoms with Crippen molar-refractivity contribution in [3.8, 4) is 0 Å². The lowest BCUT2D eigenvalue weighted by molar-refractivity contribution is 0.100. The van der Waals surface area contributed by atoms with Gasteiger partial charge in [0.1, 0.15) is 0 Å². The second-order valence-corrected chi connectivity index (χ2v) is 8.77. The van der Waals surface area contributed by atoms with Crippen molar-refractivity contribution in [2.45, 2.75) is 13.5 Å². The fourth-order valence-corrected chi connectivity index (χ4v) is 4.82. The summed E-state index contributed by atoms with van der Waals surface area (Å²) in [5.74, 6) is -0.242. The van der Waals surface area contributed by atoms with Crippen LogP contribution in [0.3, 0.4) is 0 Å². The highest BCUT2D eigenvalue weighted by Crippen LogP contribution is 2.24. The molecule has 0 bridgehead atoms. The maximum absolute atomic E-state index is 12.4. The van der Waals surface area contributed by atoms with Gasteiger partial charge in [0.25, 0.3) is 5.91 Å². The fourth-order valence-electron chi connectivity index (χ4n) is 2.22. The minimum atomic E-state index is -0.242. The Kier molecular flexibility index (Phi) is 5.89. The summed E-state index contributed by atoms with van der Waals surface area (Å²) in [5, 5.41) is 0.667. The average Bonchev–Trinajstić information content (AvgIpc) is 3.11. The van der Waals surface area contributed by atoms with Crippen molar-refractivity contribution in [2.24, 2.45) is 4.99 Å². The second-order valence-electron chi connectivity index (χ2n) is 4.87. The quantitative estimate of drug-likeness (QED) is 0.521. The van der Waals surface area contributed by atoms with Gasteiger partial charge in [0.15, 0.2) is 4.80 Å². The van der Waals surface area contributed by atoms with Gasteiger partial charge in [-0.05, 0) is 53.2 Å². The molecule has 1 aromatic carbocycles. The molecular formula is C16H14BrClN2O2S2. The highest BCUT2D eigenvalue weighted by molar-refractivity contribution is 9.11. The molecule has 0 spiro atoms. The van der Waals surface area contributed by atoms with E-state index >= 15 is 0 Å². The summed E-state index contributed by atoms with van der Waals surface area (Å²) in [4.78, 5) is 18.0. The minimum Gasteiger partial charge on any atom is -0.380 e. The first-order chi connectivity index (χ1) is 11.6. The van der Waals surface area contributed by atoms with Gasteiger partial charge in [-0.1, -0.05) is 22.9 Å². The number of benzene rings is 1. The van der Waals surface area contributed by atoms with E-state index in [1.165, 1.54) is 22.7 Å². The van der Waals surface area contributed by atoms with Crippen LogP contribution in [0.5, 0.6) is 0 Å². The first-order valence-electron chi connectivity index (χ1n) is 7.29. The van der Waals surface area contributed by atoms with Gasteiger partial charge in [0, 0.05) is 18.2 Å². The summed E-state index contributed by atoms with van der Waals surface area (Å²) in [6, 6.07) is 9.31. The molecule has 0 unspecified atom stereocenters. The van der Waals surface area contributed by atoms with Crippen molar-refractivity contribution < 1.29 is 9.53 Å². The molecule has 2 heterocycles. The molecule has 0 saturated heterocycles. The maximum Gasteiger partial charge on any atom is 0.289 e. The Hall–Kier alpha value is -0.990. The summed E-state index contributed by atoms with van der Waals surface area (Å²) >= 11 is 12.3. The number of thiophene rings is 1. The predicted octanol–water partition coefficient (Wildman–Crippen LogP) is 4.96. The van der Waals surface area contributed by atoms with Crippen molar-refractivity contribution in [3.63, 3.8) is 0 Å². The molecule has 2 aromatic heterocycles. The molecule has 3 aromatic rings. The number of fused-ring (bicyclic) bond motifs is 1. The number of carbonyl (C=O) groups excluding carboxylic acids is 1. The number of halogens is 2. The van der Waals surface area contributed by atoms with Gasteiger partial charge < -0.3 is 9.30 Å². The molecular weight excluding hydrogens is 432 g/mol. The Balaban J connectivity index is 2.06. The van der Waals surface area contributed by atoms with Crippen LogP contribution in [0, 0.1) is 0 Å². The Bertz CT molecular complexity index is 945. The van der Waals surface area contributed by atoms with Gasteiger partial charge in [0.05, 0.1) is 25.5 Å². The number of nitrogens with zero attached hydrogens (tertiary/aromatic N) is 2. The number of ether oxygens (including phenoxy) is 1. The average molecular weight is 446 g/mol. The van der Waals surface area contributed by atoms with Gasteiger partial charge in [-0.2, -0.15) is 4.99 Å². The van der Waals surface area contributed by atoms with E-state index in [0.29, 0.717) is 34.5 Å². The molecule has 0 atom stereocenters. The minimum absolute atomic E-state index is 0.242. The zero-order valence-corrected chi connectivity index (χ0v) is 16.8. The number of hydrogen-bond acceptors (Lipinski definition) is 4. The number of carbonyl (C=O) groups is 1. The first kappa shape index (κ1) is 17.8. The van der Waals surface area contributed by atoms with Crippen molar-refractivity contribution in [2.75, 3.05) is 13.2 Å². The van der Waals surface area contributed by atoms with Crippen molar-refractivity contribution in [1.82, 2.24) is 4.57 Å². The van der Waals surface area contributed by atoms with Gasteiger partial charge in [-0.15, -0.1) is 11.3 Å². The molecule has 4 nitrogen and oxygen atoms in total. The van der Waals surface area contributed by atoms with Gasteiger partial charge >= 0.3 is 0 Å². The monoisotopic (exact) mass is 444 g/mol. The molecule has 1 amide bonds. The summed E-state index contributed by atoms with van der Waals surface area (Å²) in [5.41, 5.74) is 1.00. The molecule has 126 valence electrons. The van der Waals surface area contributed by atoms with E-state index < -0.39 is 0 Å². The maximum atomic E-state index is 12.4. The second kappa shape index (κ2) is 7.93. The molecule has 0 aliphatic rings. The van der Waals surface area contributed by atoms with E-state index in [-0.39, 0.29) is 5.91 Å². The fraction of sp³-hybridized carbons (Fsp3) is 0.250. The number of rotatable bonds is 5. The van der Waals surface area contributed by atoms with Gasteiger partial charge in [-0.3, -0.25) is 4.79 Å². The number of hydrogen-bond donors (Lipinski definition) is 0. The first-order valence-corrected chi connectivity index (χ1v) is 10.1. The van der Waals surface area contributed by atoms with Crippen LogP contribution in [0.15, 0.2) is 39.1 Å². The Morgan fingerprint density at radius 1 is 1.33 bits per heavy atom. The summed E-state index contributed by atoms with van der Waals surface area (Å²) in [6.07, 6.45) is 0. The van der Waals surface area contributed by atoms with Crippen LogP contribution >= 0.6 is 50.2 Å². The molecule has 8 heteroatoms. The lowest BCUT2D eigenvalue weighted by atomic mass is 10.3. The summed E-state index contributed by atoms with van der Waals surface area (Å²) in [7, 11) is 0. The van der Waals surface area contributed by atoms with Crippen molar-refractivity contribution in [1.29, 1.82) is 0 Å². The van der Waals surface area contributed by atoms with Crippen LogP contribution in [0.1, 0.15) is 16.6 Å². The molecule has 0 aliphatic carbocycles. The van der Waals surface area contributed by atoms with Crippen LogP contribution in [0.4, 0.5) is 0 Å². The molecule has 3 rings (SSSR count). The van der Waals surface area contributed by atoms with E-state index in [1.807, 2.05) is 35.8 Å². The number of amides is 1. The Morgan fingerprint density at radius 3 is 2.88 bits per heavy atom. The van der Waals surface area contributed by atoms with Crippen LogP contribution < -0.4 is 4.80 Å². The lowest BCUT2D eigenvalue weighted by Crippen LogP contribution is -2.19. The van der Waals surface area contributed by atoms with Crippen LogP contribution in [0.25, 0.3) is 10.2 Å². The molecule has 0 saturated carbocycles. The smallest absolute Gasteiger partial charge is 0.289 e. The van der Waals surface area contributed by atoms with E-state index in [4.69, 9.17) is 16.3 Å². The zero-order chi connectivity index (χ0) is 17.1. The normalized spacial score (nSPS) is 12.2. The number of aromatic nitrogens is 1. The van der Waals surface area contributed by atoms with Crippen molar-refractivity contribution in [3.05, 3.63) is 48.8 Å². The third kappa shape index (κ3) is 3.97. The van der Waals surface area contributed by atoms with E-state index in [1.54, 1.807) is 6.07 Å². The highest BCUT2D eigenvalue weighted by atomic mass is 79.9. The third-order valence-electron chi connectivity index (χ3n) is 3.29. The zero-order valence-electron chi connectivity index (χ0n) is 12.8. The SMILES string of the molecule is CCOCCn1c(=NC(=O)c2ccc(Br)s2)sc2cc(Cl)ccc21. The molecule has 0 fully saturated rings. The lowest BCUT2D eigenvalue weighted by Gasteiger charge is -2.05.